The van der Waals surface area contributed by atoms with E-state index in [0.29, 0.717) is 12.0 Å². The number of anilines is 1. The van der Waals surface area contributed by atoms with Crippen LogP contribution in [0.1, 0.15) is 33.6 Å². The minimum atomic E-state index is 0.548. The molecule has 1 aromatic carbocycles. The fourth-order valence-electron chi connectivity index (χ4n) is 2.86. The van der Waals surface area contributed by atoms with Gasteiger partial charge in [-0.2, -0.15) is 11.8 Å². The van der Waals surface area contributed by atoms with Gasteiger partial charge in [-0.05, 0) is 62.2 Å². The Labute approximate surface area is 171 Å². The summed E-state index contributed by atoms with van der Waals surface area (Å²) in [4.78, 5) is 2.55. The number of thioether (sulfide) groups is 1. The van der Waals surface area contributed by atoms with Crippen LogP contribution in [0.5, 0.6) is 0 Å². The van der Waals surface area contributed by atoms with Crippen LogP contribution < -0.4 is 10.2 Å². The van der Waals surface area contributed by atoms with Gasteiger partial charge in [-0.15, -0.1) is 0 Å². The molecule has 0 radical (unpaired) electrons. The summed E-state index contributed by atoms with van der Waals surface area (Å²) in [6, 6.07) is 11.4. The van der Waals surface area contributed by atoms with Gasteiger partial charge in [-0.25, -0.2) is 0 Å². The first-order valence-corrected chi connectivity index (χ1v) is 11.3. The lowest BCUT2D eigenvalue weighted by molar-refractivity contribution is 0.475. The Kier molecular flexibility index (Phi) is 12.7. The molecule has 0 amide bonds. The third-order valence-electron chi connectivity index (χ3n) is 4.80. The highest BCUT2D eigenvalue weighted by atomic mass is 32.2. The van der Waals surface area contributed by atoms with Crippen molar-refractivity contribution in [2.75, 3.05) is 36.0 Å². The first-order chi connectivity index (χ1) is 13.1. The number of benzene rings is 1. The monoisotopic (exact) mass is 386 g/mol. The van der Waals surface area contributed by atoms with E-state index < -0.39 is 0 Å². The number of para-hydroxylation sites is 1. The molecule has 1 unspecified atom stereocenters. The Balaban J connectivity index is 2.22. The molecule has 0 bridgehead atoms. The van der Waals surface area contributed by atoms with Crippen molar-refractivity contribution in [3.63, 3.8) is 0 Å². The van der Waals surface area contributed by atoms with E-state index in [1.807, 2.05) is 30.0 Å². The summed E-state index contributed by atoms with van der Waals surface area (Å²) in [5.41, 5.74) is 2.59. The fraction of sp³-hybridized carbons (Fsp3) is 0.500. The molecule has 0 aliphatic carbocycles. The van der Waals surface area contributed by atoms with E-state index in [1.165, 1.54) is 29.9 Å². The Morgan fingerprint density at radius 2 is 1.81 bits per heavy atom. The highest BCUT2D eigenvalue weighted by Gasteiger charge is 2.16. The molecular weight excluding hydrogens is 348 g/mol. The second kappa shape index (κ2) is 14.6. The molecule has 27 heavy (non-hydrogen) atoms. The predicted octanol–water partition coefficient (Wildman–Crippen LogP) is 5.94. The summed E-state index contributed by atoms with van der Waals surface area (Å²) >= 11 is 1.96. The molecule has 1 atom stereocenters. The van der Waals surface area contributed by atoms with Gasteiger partial charge in [-0.3, -0.25) is 0 Å². The van der Waals surface area contributed by atoms with E-state index in [-0.39, 0.29) is 0 Å². The molecule has 0 spiro atoms. The highest BCUT2D eigenvalue weighted by molar-refractivity contribution is 7.99. The van der Waals surface area contributed by atoms with Crippen LogP contribution in [0.25, 0.3) is 0 Å². The van der Waals surface area contributed by atoms with Gasteiger partial charge in [0.15, 0.2) is 0 Å². The number of rotatable bonds is 15. The average Bonchev–Trinajstić information content (AvgIpc) is 2.68. The molecule has 0 aliphatic rings. The summed E-state index contributed by atoms with van der Waals surface area (Å²) in [5, 5.41) is 3.60. The van der Waals surface area contributed by atoms with Crippen molar-refractivity contribution >= 4 is 17.4 Å². The molecule has 3 heteroatoms. The third kappa shape index (κ3) is 9.88. The molecule has 1 N–H and O–H groups in total. The van der Waals surface area contributed by atoms with Crippen LogP contribution >= 0.6 is 11.8 Å². The number of allylic oxidation sites excluding steroid dienone is 3. The van der Waals surface area contributed by atoms with Crippen LogP contribution in [0.2, 0.25) is 0 Å². The summed E-state index contributed by atoms with van der Waals surface area (Å²) in [5.74, 6) is 2.84. The number of hydrogen-bond donors (Lipinski definition) is 1. The Hall–Kier alpha value is -1.45. The maximum atomic E-state index is 3.84. The molecule has 1 rings (SSSR count). The standard InChI is InChI=1S/C24H38N2S/c1-6-13-23(7-2)20-27-19-12-17-25-16-11-18-26(22(5)21(3)4)24-14-9-8-10-15-24/h6-10,13-15,21-22,25H,1-2,11-12,16-20H2,3-5H3/b23-13+. The number of nitrogens with zero attached hydrogens (tertiary/aromatic N) is 1. The molecule has 0 fully saturated rings. The lowest BCUT2D eigenvalue weighted by Gasteiger charge is -2.34. The quantitative estimate of drug-likeness (QED) is 0.297. The van der Waals surface area contributed by atoms with Crippen LogP contribution in [0.4, 0.5) is 5.69 Å². The maximum absolute atomic E-state index is 3.84. The Morgan fingerprint density at radius 1 is 1.11 bits per heavy atom. The lowest BCUT2D eigenvalue weighted by atomic mass is 10.0. The van der Waals surface area contributed by atoms with Crippen LogP contribution in [0.15, 0.2) is 67.3 Å². The van der Waals surface area contributed by atoms with E-state index in [4.69, 9.17) is 0 Å². The fourth-order valence-corrected chi connectivity index (χ4v) is 3.80. The zero-order valence-corrected chi connectivity index (χ0v) is 18.3. The first-order valence-electron chi connectivity index (χ1n) is 10.1. The number of nitrogens with one attached hydrogen (secondary N) is 1. The van der Waals surface area contributed by atoms with Gasteiger partial charge in [0, 0.05) is 24.0 Å². The van der Waals surface area contributed by atoms with Crippen LogP contribution in [-0.4, -0.2) is 37.2 Å². The SMILES string of the molecule is C=C/C=C(\C=C)CSCCCNCCCN(c1ccccc1)C(C)C(C)C. The maximum Gasteiger partial charge on any atom is 0.0368 e. The molecule has 0 heterocycles. The number of hydrogen-bond acceptors (Lipinski definition) is 3. The van der Waals surface area contributed by atoms with Gasteiger partial charge < -0.3 is 10.2 Å². The average molecular weight is 387 g/mol. The van der Waals surface area contributed by atoms with E-state index >= 15 is 0 Å². The zero-order valence-electron chi connectivity index (χ0n) is 17.5. The van der Waals surface area contributed by atoms with E-state index in [1.54, 1.807) is 0 Å². The van der Waals surface area contributed by atoms with Gasteiger partial charge in [0.05, 0.1) is 0 Å². The first kappa shape index (κ1) is 23.6. The topological polar surface area (TPSA) is 15.3 Å². The van der Waals surface area contributed by atoms with Gasteiger partial charge in [0.25, 0.3) is 0 Å². The summed E-state index contributed by atoms with van der Waals surface area (Å²) < 4.78 is 0. The Bertz CT molecular complexity index is 551. The van der Waals surface area contributed by atoms with Crippen molar-refractivity contribution in [3.05, 3.63) is 67.3 Å². The van der Waals surface area contributed by atoms with Gasteiger partial charge in [0.2, 0.25) is 0 Å². The van der Waals surface area contributed by atoms with Crippen molar-refractivity contribution in [3.8, 4) is 0 Å². The predicted molar refractivity (Wildman–Crippen MR) is 126 cm³/mol. The minimum absolute atomic E-state index is 0.548. The lowest BCUT2D eigenvalue weighted by Crippen LogP contribution is -2.38. The zero-order chi connectivity index (χ0) is 19.9. The van der Waals surface area contributed by atoms with Crippen molar-refractivity contribution in [1.29, 1.82) is 0 Å². The largest absolute Gasteiger partial charge is 0.369 e. The highest BCUT2D eigenvalue weighted by Crippen LogP contribution is 2.20. The Morgan fingerprint density at radius 3 is 2.44 bits per heavy atom. The van der Waals surface area contributed by atoms with Crippen LogP contribution in [0.3, 0.4) is 0 Å². The molecule has 0 saturated heterocycles. The van der Waals surface area contributed by atoms with Gasteiger partial charge >= 0.3 is 0 Å². The molecule has 1 aromatic rings. The second-order valence-corrected chi connectivity index (χ2v) is 8.31. The van der Waals surface area contributed by atoms with Crippen LogP contribution in [-0.2, 0) is 0 Å². The van der Waals surface area contributed by atoms with Gasteiger partial charge in [-0.1, -0.05) is 63.4 Å². The van der Waals surface area contributed by atoms with Crippen molar-refractivity contribution in [1.82, 2.24) is 5.32 Å². The molecular formula is C24H38N2S. The summed E-state index contributed by atoms with van der Waals surface area (Å²) in [6.45, 7) is 17.8. The molecule has 150 valence electrons. The van der Waals surface area contributed by atoms with Gasteiger partial charge in [0.1, 0.15) is 0 Å². The summed E-state index contributed by atoms with van der Waals surface area (Å²) in [6.07, 6.45) is 8.16. The third-order valence-corrected chi connectivity index (χ3v) is 5.92. The minimum Gasteiger partial charge on any atom is -0.369 e. The normalized spacial score (nSPS) is 12.8. The van der Waals surface area contributed by atoms with Crippen molar-refractivity contribution in [2.24, 2.45) is 5.92 Å². The van der Waals surface area contributed by atoms with E-state index in [2.05, 4.69) is 74.5 Å². The molecule has 0 aromatic heterocycles. The summed E-state index contributed by atoms with van der Waals surface area (Å²) in [7, 11) is 0. The second-order valence-electron chi connectivity index (χ2n) is 7.20. The van der Waals surface area contributed by atoms with Crippen molar-refractivity contribution < 1.29 is 0 Å². The van der Waals surface area contributed by atoms with Crippen molar-refractivity contribution in [2.45, 2.75) is 39.7 Å². The van der Waals surface area contributed by atoms with Crippen LogP contribution in [0, 0.1) is 5.92 Å². The van der Waals surface area contributed by atoms with E-state index in [9.17, 15) is 0 Å². The molecule has 0 saturated carbocycles. The molecule has 0 aliphatic heterocycles. The smallest absolute Gasteiger partial charge is 0.0368 e. The molecule has 2 nitrogen and oxygen atoms in total. The van der Waals surface area contributed by atoms with E-state index in [0.717, 1.165) is 25.4 Å².